The minimum absolute atomic E-state index is 0.453. The summed E-state index contributed by atoms with van der Waals surface area (Å²) in [6.45, 7) is 0.639. The zero-order valence-electron chi connectivity index (χ0n) is 9.49. The largest absolute Gasteiger partial charge is 0.334 e. The average molecular weight is 329 g/mol. The van der Waals surface area contributed by atoms with Crippen molar-refractivity contribution in [2.75, 3.05) is 0 Å². The predicted octanol–water partition coefficient (Wildman–Crippen LogP) is 3.40. The van der Waals surface area contributed by atoms with Crippen LogP contribution >= 0.6 is 27.5 Å². The molecule has 94 valence electrons. The van der Waals surface area contributed by atoms with Gasteiger partial charge in [-0.05, 0) is 31.0 Å². The molecule has 1 aromatic heterocycles. The van der Waals surface area contributed by atoms with Gasteiger partial charge in [-0.1, -0.05) is 32.7 Å². The van der Waals surface area contributed by atoms with Crippen LogP contribution in [-0.2, 0) is 6.54 Å². The SMILES string of the molecule is Clc1ccc(Br)cc1-c1nc(CNC2CC2)no1. The summed E-state index contributed by atoms with van der Waals surface area (Å²) < 4.78 is 6.16. The molecular formula is C12H11BrClN3O. The molecule has 3 rings (SSSR count). The van der Waals surface area contributed by atoms with Gasteiger partial charge in [-0.15, -0.1) is 0 Å². The van der Waals surface area contributed by atoms with Gasteiger partial charge in [0.2, 0.25) is 0 Å². The number of hydrogen-bond acceptors (Lipinski definition) is 4. The lowest BCUT2D eigenvalue weighted by molar-refractivity contribution is 0.419. The highest BCUT2D eigenvalue weighted by Crippen LogP contribution is 2.29. The molecule has 1 N–H and O–H groups in total. The molecule has 0 aliphatic heterocycles. The Bertz CT molecular complexity index is 568. The Morgan fingerprint density at radius 2 is 2.28 bits per heavy atom. The molecule has 4 nitrogen and oxygen atoms in total. The molecule has 0 bridgehead atoms. The Labute approximate surface area is 118 Å². The number of halogens is 2. The summed E-state index contributed by atoms with van der Waals surface area (Å²) in [6, 6.07) is 6.17. The number of hydrogen-bond donors (Lipinski definition) is 1. The first-order chi connectivity index (χ1) is 8.72. The third kappa shape index (κ3) is 2.74. The lowest BCUT2D eigenvalue weighted by Crippen LogP contribution is -2.16. The van der Waals surface area contributed by atoms with E-state index >= 15 is 0 Å². The Hall–Kier alpha value is -0.910. The van der Waals surface area contributed by atoms with Gasteiger partial charge in [0, 0.05) is 10.5 Å². The second-order valence-electron chi connectivity index (χ2n) is 4.30. The highest BCUT2D eigenvalue weighted by molar-refractivity contribution is 9.10. The molecule has 0 spiro atoms. The zero-order valence-corrected chi connectivity index (χ0v) is 11.8. The minimum Gasteiger partial charge on any atom is -0.334 e. The van der Waals surface area contributed by atoms with Crippen molar-refractivity contribution in [3.63, 3.8) is 0 Å². The van der Waals surface area contributed by atoms with Gasteiger partial charge in [-0.3, -0.25) is 0 Å². The van der Waals surface area contributed by atoms with Crippen molar-refractivity contribution in [1.29, 1.82) is 0 Å². The summed E-state index contributed by atoms with van der Waals surface area (Å²) >= 11 is 9.51. The maximum Gasteiger partial charge on any atom is 0.259 e. The van der Waals surface area contributed by atoms with Gasteiger partial charge in [-0.25, -0.2) is 0 Å². The molecule has 1 aromatic carbocycles. The maximum atomic E-state index is 6.11. The van der Waals surface area contributed by atoms with Crippen molar-refractivity contribution >= 4 is 27.5 Å². The van der Waals surface area contributed by atoms with Crippen molar-refractivity contribution in [3.05, 3.63) is 33.5 Å². The Kier molecular flexibility index (Phi) is 3.37. The van der Waals surface area contributed by atoms with Crippen LogP contribution in [0.25, 0.3) is 11.5 Å². The van der Waals surface area contributed by atoms with Gasteiger partial charge in [0.05, 0.1) is 17.1 Å². The van der Waals surface area contributed by atoms with Gasteiger partial charge >= 0.3 is 0 Å². The molecule has 2 aromatic rings. The van der Waals surface area contributed by atoms with Crippen molar-refractivity contribution in [2.45, 2.75) is 25.4 Å². The number of rotatable bonds is 4. The lowest BCUT2D eigenvalue weighted by Gasteiger charge is -1.98. The van der Waals surface area contributed by atoms with E-state index in [1.807, 2.05) is 12.1 Å². The van der Waals surface area contributed by atoms with E-state index in [0.717, 1.165) is 10.0 Å². The molecule has 18 heavy (non-hydrogen) atoms. The van der Waals surface area contributed by atoms with E-state index in [2.05, 4.69) is 31.4 Å². The molecular weight excluding hydrogens is 318 g/mol. The molecule has 1 heterocycles. The summed E-state index contributed by atoms with van der Waals surface area (Å²) in [5.74, 6) is 1.11. The average Bonchev–Trinajstić information content (AvgIpc) is 3.08. The summed E-state index contributed by atoms with van der Waals surface area (Å²) in [5.41, 5.74) is 0.746. The second-order valence-corrected chi connectivity index (χ2v) is 5.62. The van der Waals surface area contributed by atoms with E-state index in [1.54, 1.807) is 6.07 Å². The van der Waals surface area contributed by atoms with Crippen molar-refractivity contribution in [2.24, 2.45) is 0 Å². The normalized spacial score (nSPS) is 15.0. The van der Waals surface area contributed by atoms with Crippen LogP contribution < -0.4 is 5.32 Å². The fraction of sp³-hybridized carbons (Fsp3) is 0.333. The standard InChI is InChI=1S/C12H11BrClN3O/c13-7-1-4-10(14)9(5-7)12-16-11(17-18-12)6-15-8-2-3-8/h1,4-5,8,15H,2-3,6H2. The molecule has 1 aliphatic carbocycles. The quantitative estimate of drug-likeness (QED) is 0.934. The predicted molar refractivity (Wildman–Crippen MR) is 72.3 cm³/mol. The molecule has 0 saturated heterocycles. The van der Waals surface area contributed by atoms with Gasteiger partial charge in [0.15, 0.2) is 5.82 Å². The Morgan fingerprint density at radius 3 is 3.06 bits per heavy atom. The Morgan fingerprint density at radius 1 is 1.44 bits per heavy atom. The first-order valence-electron chi connectivity index (χ1n) is 5.74. The number of aromatic nitrogens is 2. The second kappa shape index (κ2) is 4.99. The van der Waals surface area contributed by atoms with Crippen molar-refractivity contribution in [1.82, 2.24) is 15.5 Å². The molecule has 0 unspecified atom stereocenters. The van der Waals surface area contributed by atoms with Crippen LogP contribution in [0, 0.1) is 0 Å². The molecule has 0 amide bonds. The van der Waals surface area contributed by atoms with Crippen LogP contribution in [0.1, 0.15) is 18.7 Å². The Balaban J connectivity index is 1.80. The van der Waals surface area contributed by atoms with E-state index < -0.39 is 0 Å². The zero-order chi connectivity index (χ0) is 12.5. The first-order valence-corrected chi connectivity index (χ1v) is 6.91. The van der Waals surface area contributed by atoms with Crippen LogP contribution in [-0.4, -0.2) is 16.2 Å². The van der Waals surface area contributed by atoms with Crippen LogP contribution in [0.15, 0.2) is 27.2 Å². The topological polar surface area (TPSA) is 51.0 Å². The van der Waals surface area contributed by atoms with Gasteiger partial charge in [0.1, 0.15) is 0 Å². The highest BCUT2D eigenvalue weighted by Gasteiger charge is 2.21. The molecule has 1 fully saturated rings. The maximum absolute atomic E-state index is 6.11. The van der Waals surface area contributed by atoms with E-state index in [0.29, 0.717) is 29.3 Å². The molecule has 1 saturated carbocycles. The summed E-state index contributed by atoms with van der Waals surface area (Å²) in [5, 5.41) is 7.88. The lowest BCUT2D eigenvalue weighted by atomic mass is 10.2. The van der Waals surface area contributed by atoms with Crippen LogP contribution in [0.4, 0.5) is 0 Å². The summed E-state index contributed by atoms with van der Waals surface area (Å²) in [6.07, 6.45) is 2.48. The molecule has 0 atom stereocenters. The monoisotopic (exact) mass is 327 g/mol. The van der Waals surface area contributed by atoms with E-state index in [1.165, 1.54) is 12.8 Å². The van der Waals surface area contributed by atoms with Crippen LogP contribution in [0.5, 0.6) is 0 Å². The highest BCUT2D eigenvalue weighted by atomic mass is 79.9. The van der Waals surface area contributed by atoms with Crippen LogP contribution in [0.2, 0.25) is 5.02 Å². The van der Waals surface area contributed by atoms with E-state index in [-0.39, 0.29) is 0 Å². The number of benzene rings is 1. The third-order valence-corrected chi connectivity index (χ3v) is 3.58. The smallest absolute Gasteiger partial charge is 0.259 e. The van der Waals surface area contributed by atoms with Crippen molar-refractivity contribution in [3.8, 4) is 11.5 Å². The van der Waals surface area contributed by atoms with Crippen molar-refractivity contribution < 1.29 is 4.52 Å². The van der Waals surface area contributed by atoms with Gasteiger partial charge in [0.25, 0.3) is 5.89 Å². The molecule has 6 heteroatoms. The van der Waals surface area contributed by atoms with E-state index in [4.69, 9.17) is 16.1 Å². The summed E-state index contributed by atoms with van der Waals surface area (Å²) in [7, 11) is 0. The third-order valence-electron chi connectivity index (χ3n) is 2.75. The first kappa shape index (κ1) is 12.1. The number of nitrogens with zero attached hydrogens (tertiary/aromatic N) is 2. The van der Waals surface area contributed by atoms with E-state index in [9.17, 15) is 0 Å². The fourth-order valence-electron chi connectivity index (χ4n) is 1.62. The minimum atomic E-state index is 0.453. The summed E-state index contributed by atoms with van der Waals surface area (Å²) in [4.78, 5) is 4.34. The van der Waals surface area contributed by atoms with Gasteiger partial charge in [-0.2, -0.15) is 4.98 Å². The van der Waals surface area contributed by atoms with Gasteiger partial charge < -0.3 is 9.84 Å². The number of nitrogens with one attached hydrogen (secondary N) is 1. The fourth-order valence-corrected chi connectivity index (χ4v) is 2.18. The molecule has 1 aliphatic rings. The van der Waals surface area contributed by atoms with Crippen LogP contribution in [0.3, 0.4) is 0 Å². The molecule has 0 radical (unpaired) electrons.